The highest BCUT2D eigenvalue weighted by Gasteiger charge is 2.25. The number of nitro groups is 1. The first-order valence-corrected chi connectivity index (χ1v) is 6.51. The SMILES string of the molecule is CCC(C)(CC)NC(=O)c1cc([N+](=O)[O-])cnc1NC. The van der Waals surface area contributed by atoms with Crippen LogP contribution in [0.1, 0.15) is 44.0 Å². The summed E-state index contributed by atoms with van der Waals surface area (Å²) in [6, 6.07) is 1.24. The number of nitrogens with one attached hydrogen (secondary N) is 2. The average molecular weight is 280 g/mol. The average Bonchev–Trinajstić information content (AvgIpc) is 2.46. The van der Waals surface area contributed by atoms with Gasteiger partial charge in [-0.2, -0.15) is 0 Å². The van der Waals surface area contributed by atoms with Gasteiger partial charge in [-0.3, -0.25) is 14.9 Å². The molecule has 0 spiro atoms. The molecule has 0 aromatic carbocycles. The molecule has 1 aromatic rings. The van der Waals surface area contributed by atoms with Gasteiger partial charge in [0.2, 0.25) is 0 Å². The predicted octanol–water partition coefficient (Wildman–Crippen LogP) is 2.34. The number of hydrogen-bond acceptors (Lipinski definition) is 5. The molecule has 0 aliphatic carbocycles. The zero-order chi connectivity index (χ0) is 15.3. The van der Waals surface area contributed by atoms with E-state index in [1.165, 1.54) is 6.07 Å². The molecule has 0 saturated carbocycles. The first-order valence-electron chi connectivity index (χ1n) is 6.51. The van der Waals surface area contributed by atoms with Crippen molar-refractivity contribution in [2.45, 2.75) is 39.2 Å². The normalized spacial score (nSPS) is 11.0. The number of pyridine rings is 1. The third-order valence-corrected chi connectivity index (χ3v) is 3.54. The second-order valence-corrected chi connectivity index (χ2v) is 4.82. The van der Waals surface area contributed by atoms with Crippen molar-refractivity contribution in [3.8, 4) is 0 Å². The quantitative estimate of drug-likeness (QED) is 0.615. The van der Waals surface area contributed by atoms with Crippen LogP contribution >= 0.6 is 0 Å². The molecule has 1 rings (SSSR count). The van der Waals surface area contributed by atoms with E-state index < -0.39 is 4.92 Å². The fourth-order valence-electron chi connectivity index (χ4n) is 1.69. The maximum atomic E-state index is 12.3. The van der Waals surface area contributed by atoms with Gasteiger partial charge < -0.3 is 10.6 Å². The summed E-state index contributed by atoms with van der Waals surface area (Å²) < 4.78 is 0. The van der Waals surface area contributed by atoms with Crippen molar-refractivity contribution < 1.29 is 9.72 Å². The second kappa shape index (κ2) is 6.31. The van der Waals surface area contributed by atoms with Crippen molar-refractivity contribution in [2.24, 2.45) is 0 Å². The number of carbonyl (C=O) groups is 1. The maximum Gasteiger partial charge on any atom is 0.288 e. The van der Waals surface area contributed by atoms with Crippen molar-refractivity contribution in [3.05, 3.63) is 27.9 Å². The molecule has 7 nitrogen and oxygen atoms in total. The Bertz CT molecular complexity index is 512. The standard InChI is InChI=1S/C13H20N4O3/c1-5-13(3,6-2)16-12(18)10-7-9(17(19)20)8-15-11(10)14-4/h7-8H,5-6H2,1-4H3,(H,14,15)(H,16,18). The summed E-state index contributed by atoms with van der Waals surface area (Å²) in [5.41, 5.74) is -0.370. The minimum absolute atomic E-state index is 0.176. The summed E-state index contributed by atoms with van der Waals surface area (Å²) in [4.78, 5) is 26.4. The van der Waals surface area contributed by atoms with Crippen LogP contribution in [0.15, 0.2) is 12.3 Å². The number of nitrogens with zero attached hydrogens (tertiary/aromatic N) is 2. The molecule has 0 fully saturated rings. The van der Waals surface area contributed by atoms with Crippen molar-refractivity contribution in [1.29, 1.82) is 0 Å². The Labute approximate surface area is 117 Å². The van der Waals surface area contributed by atoms with E-state index in [-0.39, 0.29) is 22.7 Å². The number of hydrogen-bond donors (Lipinski definition) is 2. The fourth-order valence-corrected chi connectivity index (χ4v) is 1.69. The summed E-state index contributed by atoms with van der Waals surface area (Å²) in [5.74, 6) is -0.0422. The minimum atomic E-state index is -0.567. The molecule has 7 heteroatoms. The maximum absolute atomic E-state index is 12.3. The summed E-state index contributed by atoms with van der Waals surface area (Å²) in [6.45, 7) is 5.90. The minimum Gasteiger partial charge on any atom is -0.372 e. The number of amides is 1. The van der Waals surface area contributed by atoms with Gasteiger partial charge in [-0.25, -0.2) is 4.98 Å². The fraction of sp³-hybridized carbons (Fsp3) is 0.538. The van der Waals surface area contributed by atoms with Crippen LogP contribution in [0.5, 0.6) is 0 Å². The van der Waals surface area contributed by atoms with Crippen LogP contribution in [0.2, 0.25) is 0 Å². The van der Waals surface area contributed by atoms with Gasteiger partial charge >= 0.3 is 0 Å². The molecule has 0 aliphatic heterocycles. The molecule has 0 bridgehead atoms. The molecule has 0 aliphatic rings. The lowest BCUT2D eigenvalue weighted by Gasteiger charge is -2.28. The van der Waals surface area contributed by atoms with Gasteiger partial charge in [0.05, 0.1) is 10.5 Å². The predicted molar refractivity (Wildman–Crippen MR) is 76.9 cm³/mol. The van der Waals surface area contributed by atoms with Crippen LogP contribution in [-0.4, -0.2) is 28.4 Å². The van der Waals surface area contributed by atoms with E-state index in [1.54, 1.807) is 7.05 Å². The van der Waals surface area contributed by atoms with E-state index in [2.05, 4.69) is 15.6 Å². The van der Waals surface area contributed by atoms with Gasteiger partial charge in [-0.1, -0.05) is 13.8 Å². The van der Waals surface area contributed by atoms with E-state index in [0.29, 0.717) is 5.82 Å². The summed E-state index contributed by atoms with van der Waals surface area (Å²) in [6.07, 6.45) is 2.67. The third kappa shape index (κ3) is 3.43. The number of carbonyl (C=O) groups excluding carboxylic acids is 1. The topological polar surface area (TPSA) is 97.2 Å². The molecular weight excluding hydrogens is 260 g/mol. The van der Waals surface area contributed by atoms with Crippen LogP contribution in [0, 0.1) is 10.1 Å². The van der Waals surface area contributed by atoms with Crippen LogP contribution in [0.25, 0.3) is 0 Å². The molecule has 0 atom stereocenters. The van der Waals surface area contributed by atoms with Crippen molar-refractivity contribution in [3.63, 3.8) is 0 Å². The Hall–Kier alpha value is -2.18. The van der Waals surface area contributed by atoms with Gasteiger partial charge in [-0.15, -0.1) is 0 Å². The van der Waals surface area contributed by atoms with Gasteiger partial charge in [0.25, 0.3) is 11.6 Å². The Balaban J connectivity index is 3.13. The van der Waals surface area contributed by atoms with Gasteiger partial charge in [0.1, 0.15) is 12.0 Å². The second-order valence-electron chi connectivity index (χ2n) is 4.82. The van der Waals surface area contributed by atoms with E-state index in [9.17, 15) is 14.9 Å². The van der Waals surface area contributed by atoms with Gasteiger partial charge in [0.15, 0.2) is 0 Å². The highest BCUT2D eigenvalue weighted by atomic mass is 16.6. The van der Waals surface area contributed by atoms with E-state index >= 15 is 0 Å². The zero-order valence-corrected chi connectivity index (χ0v) is 12.2. The summed E-state index contributed by atoms with van der Waals surface area (Å²) in [5, 5.41) is 16.5. The van der Waals surface area contributed by atoms with E-state index in [1.807, 2.05) is 20.8 Å². The molecule has 1 amide bonds. The van der Waals surface area contributed by atoms with Crippen LogP contribution in [0.4, 0.5) is 11.5 Å². The largest absolute Gasteiger partial charge is 0.372 e. The molecule has 1 heterocycles. The summed E-state index contributed by atoms with van der Waals surface area (Å²) >= 11 is 0. The molecule has 20 heavy (non-hydrogen) atoms. The number of aromatic nitrogens is 1. The van der Waals surface area contributed by atoms with E-state index in [4.69, 9.17) is 0 Å². The zero-order valence-electron chi connectivity index (χ0n) is 12.2. The van der Waals surface area contributed by atoms with Crippen LogP contribution in [-0.2, 0) is 0 Å². The Kier molecular flexibility index (Phi) is 5.01. The van der Waals surface area contributed by atoms with Gasteiger partial charge in [0, 0.05) is 18.7 Å². The number of anilines is 1. The Morgan fingerprint density at radius 1 is 1.45 bits per heavy atom. The van der Waals surface area contributed by atoms with Crippen LogP contribution < -0.4 is 10.6 Å². The first-order chi connectivity index (χ1) is 9.36. The van der Waals surface area contributed by atoms with Crippen molar-refractivity contribution >= 4 is 17.4 Å². The van der Waals surface area contributed by atoms with E-state index in [0.717, 1.165) is 19.0 Å². The first kappa shape index (κ1) is 15.9. The smallest absolute Gasteiger partial charge is 0.288 e. The Morgan fingerprint density at radius 3 is 2.50 bits per heavy atom. The van der Waals surface area contributed by atoms with Crippen LogP contribution in [0.3, 0.4) is 0 Å². The monoisotopic (exact) mass is 280 g/mol. The Morgan fingerprint density at radius 2 is 2.05 bits per heavy atom. The molecular formula is C13H20N4O3. The lowest BCUT2D eigenvalue weighted by atomic mass is 9.95. The highest BCUT2D eigenvalue weighted by Crippen LogP contribution is 2.21. The molecule has 0 saturated heterocycles. The highest BCUT2D eigenvalue weighted by molar-refractivity contribution is 5.99. The summed E-state index contributed by atoms with van der Waals surface area (Å²) in [7, 11) is 1.61. The molecule has 2 N–H and O–H groups in total. The molecule has 1 aromatic heterocycles. The molecule has 0 unspecified atom stereocenters. The number of rotatable bonds is 6. The molecule has 110 valence electrons. The van der Waals surface area contributed by atoms with Crippen molar-refractivity contribution in [2.75, 3.05) is 12.4 Å². The van der Waals surface area contributed by atoms with Gasteiger partial charge in [-0.05, 0) is 19.8 Å². The van der Waals surface area contributed by atoms with Crippen molar-refractivity contribution in [1.82, 2.24) is 10.3 Å². The molecule has 0 radical (unpaired) electrons. The third-order valence-electron chi connectivity index (χ3n) is 3.54. The lowest BCUT2D eigenvalue weighted by Crippen LogP contribution is -2.45. The lowest BCUT2D eigenvalue weighted by molar-refractivity contribution is -0.385.